The van der Waals surface area contributed by atoms with Crippen molar-refractivity contribution in [3.63, 3.8) is 0 Å². The molecule has 0 aliphatic rings. The molecule has 30 heavy (non-hydrogen) atoms. The van der Waals surface area contributed by atoms with Crippen molar-refractivity contribution in [2.45, 2.75) is 58.8 Å². The van der Waals surface area contributed by atoms with Gasteiger partial charge in [-0.3, -0.25) is 4.98 Å². The maximum atomic E-state index is 6.09. The lowest BCUT2D eigenvalue weighted by molar-refractivity contribution is 0.522. The SMILES string of the molecule is CCCCCCCCc1cc2ccc(Nc3nc(-c4ccc(C)nc4)cs3)cc2o1. The van der Waals surface area contributed by atoms with Crippen LogP contribution in [0, 0.1) is 6.92 Å². The summed E-state index contributed by atoms with van der Waals surface area (Å²) in [7, 11) is 0. The fourth-order valence-electron chi connectivity index (χ4n) is 3.57. The van der Waals surface area contributed by atoms with Gasteiger partial charge >= 0.3 is 0 Å². The zero-order valence-corrected chi connectivity index (χ0v) is 18.6. The summed E-state index contributed by atoms with van der Waals surface area (Å²) in [5.74, 6) is 1.08. The average molecular weight is 420 g/mol. The second-order valence-electron chi connectivity index (χ2n) is 7.83. The molecule has 3 aromatic heterocycles. The summed E-state index contributed by atoms with van der Waals surface area (Å²) < 4.78 is 6.09. The summed E-state index contributed by atoms with van der Waals surface area (Å²) in [4.78, 5) is 9.06. The van der Waals surface area contributed by atoms with Gasteiger partial charge in [0.05, 0.1) is 5.69 Å². The molecule has 0 spiro atoms. The Bertz CT molecular complexity index is 1080. The molecule has 0 fully saturated rings. The van der Waals surface area contributed by atoms with E-state index in [1.165, 1.54) is 38.5 Å². The van der Waals surface area contributed by atoms with Gasteiger partial charge in [-0.15, -0.1) is 11.3 Å². The number of aromatic nitrogens is 2. The molecule has 4 rings (SSSR count). The van der Waals surface area contributed by atoms with E-state index in [0.29, 0.717) is 0 Å². The maximum Gasteiger partial charge on any atom is 0.187 e. The highest BCUT2D eigenvalue weighted by Crippen LogP contribution is 2.29. The van der Waals surface area contributed by atoms with Gasteiger partial charge in [0.25, 0.3) is 0 Å². The van der Waals surface area contributed by atoms with E-state index in [1.54, 1.807) is 11.3 Å². The normalized spacial score (nSPS) is 11.3. The predicted molar refractivity (Wildman–Crippen MR) is 127 cm³/mol. The van der Waals surface area contributed by atoms with Crippen molar-refractivity contribution < 1.29 is 4.42 Å². The molecule has 1 aromatic carbocycles. The van der Waals surface area contributed by atoms with Crippen molar-refractivity contribution in [1.82, 2.24) is 9.97 Å². The number of pyridine rings is 1. The van der Waals surface area contributed by atoms with Gasteiger partial charge in [0.2, 0.25) is 0 Å². The number of thiazole rings is 1. The Hall–Kier alpha value is -2.66. The van der Waals surface area contributed by atoms with E-state index >= 15 is 0 Å². The van der Waals surface area contributed by atoms with Crippen molar-refractivity contribution in [2.24, 2.45) is 0 Å². The first-order valence-corrected chi connectivity index (χ1v) is 11.8. The maximum absolute atomic E-state index is 6.09. The van der Waals surface area contributed by atoms with Gasteiger partial charge in [0.15, 0.2) is 5.13 Å². The van der Waals surface area contributed by atoms with Crippen molar-refractivity contribution >= 4 is 33.1 Å². The smallest absolute Gasteiger partial charge is 0.187 e. The average Bonchev–Trinajstić information content (AvgIpc) is 3.37. The summed E-state index contributed by atoms with van der Waals surface area (Å²) >= 11 is 1.59. The zero-order valence-electron chi connectivity index (χ0n) is 17.8. The zero-order chi connectivity index (χ0) is 20.8. The number of anilines is 2. The number of hydrogen-bond acceptors (Lipinski definition) is 5. The third-order valence-electron chi connectivity index (χ3n) is 5.31. The van der Waals surface area contributed by atoms with Crippen molar-refractivity contribution in [2.75, 3.05) is 5.32 Å². The van der Waals surface area contributed by atoms with Crippen LogP contribution in [0.5, 0.6) is 0 Å². The highest BCUT2D eigenvalue weighted by Gasteiger charge is 2.08. The van der Waals surface area contributed by atoms with Crippen LogP contribution in [-0.2, 0) is 6.42 Å². The number of nitrogens with zero attached hydrogens (tertiary/aromatic N) is 2. The first kappa shape index (κ1) is 20.6. The Morgan fingerprint density at radius 1 is 1.00 bits per heavy atom. The molecule has 5 heteroatoms. The Kier molecular flexibility index (Phi) is 6.80. The lowest BCUT2D eigenvalue weighted by Gasteiger charge is -2.02. The third kappa shape index (κ3) is 5.28. The number of aryl methyl sites for hydroxylation is 2. The minimum atomic E-state index is 0.865. The standard InChI is InChI=1S/C25H29N3OS/c1-3-4-5-6-7-8-9-22-14-19-12-13-21(15-24(19)29-22)27-25-28-23(17-30-25)20-11-10-18(2)26-16-20/h10-17H,3-9H2,1-2H3,(H,27,28). The molecule has 0 aliphatic heterocycles. The first-order chi connectivity index (χ1) is 14.7. The number of fused-ring (bicyclic) bond motifs is 1. The van der Waals surface area contributed by atoms with E-state index < -0.39 is 0 Å². The molecule has 0 aliphatic carbocycles. The molecular formula is C25H29N3OS. The van der Waals surface area contributed by atoms with E-state index in [2.05, 4.69) is 52.9 Å². The van der Waals surface area contributed by atoms with Gasteiger partial charge in [-0.1, -0.05) is 39.0 Å². The summed E-state index contributed by atoms with van der Waals surface area (Å²) in [6, 6.07) is 12.5. The molecule has 156 valence electrons. The topological polar surface area (TPSA) is 51.0 Å². The van der Waals surface area contributed by atoms with Crippen LogP contribution >= 0.6 is 11.3 Å². The fraction of sp³-hybridized carbons (Fsp3) is 0.360. The van der Waals surface area contributed by atoms with Gasteiger partial charge in [-0.2, -0.15) is 0 Å². The van der Waals surface area contributed by atoms with Crippen molar-refractivity contribution in [3.8, 4) is 11.3 Å². The number of unbranched alkanes of at least 4 members (excludes halogenated alkanes) is 5. The Balaban J connectivity index is 1.37. The largest absolute Gasteiger partial charge is 0.461 e. The van der Waals surface area contributed by atoms with Gasteiger partial charge in [0.1, 0.15) is 11.3 Å². The number of benzene rings is 1. The first-order valence-electron chi connectivity index (χ1n) is 10.9. The molecule has 0 bridgehead atoms. The van der Waals surface area contributed by atoms with E-state index in [4.69, 9.17) is 9.40 Å². The van der Waals surface area contributed by atoms with Gasteiger partial charge in [-0.25, -0.2) is 4.98 Å². The Labute approximate surface area is 182 Å². The van der Waals surface area contributed by atoms with Crippen LogP contribution in [0.1, 0.15) is 56.9 Å². The molecule has 0 amide bonds. The molecule has 1 N–H and O–H groups in total. The minimum absolute atomic E-state index is 0.865. The second kappa shape index (κ2) is 9.90. The van der Waals surface area contributed by atoms with Gasteiger partial charge < -0.3 is 9.73 Å². The van der Waals surface area contributed by atoms with E-state index in [-0.39, 0.29) is 0 Å². The van der Waals surface area contributed by atoms with Crippen LogP contribution in [0.4, 0.5) is 10.8 Å². The van der Waals surface area contributed by atoms with Crippen molar-refractivity contribution in [1.29, 1.82) is 0 Å². The second-order valence-corrected chi connectivity index (χ2v) is 8.69. The minimum Gasteiger partial charge on any atom is -0.461 e. The van der Waals surface area contributed by atoms with Crippen LogP contribution in [0.15, 0.2) is 52.4 Å². The van der Waals surface area contributed by atoms with Crippen LogP contribution in [0.2, 0.25) is 0 Å². The molecule has 0 atom stereocenters. The van der Waals surface area contributed by atoms with E-state index in [0.717, 1.165) is 50.9 Å². The molecular weight excluding hydrogens is 390 g/mol. The Morgan fingerprint density at radius 2 is 1.87 bits per heavy atom. The highest BCUT2D eigenvalue weighted by molar-refractivity contribution is 7.14. The van der Waals surface area contributed by atoms with E-state index in [1.807, 2.05) is 19.2 Å². The number of rotatable bonds is 10. The molecule has 4 nitrogen and oxygen atoms in total. The number of hydrogen-bond donors (Lipinski definition) is 1. The summed E-state index contributed by atoms with van der Waals surface area (Å²) in [6.07, 6.45) is 10.7. The van der Waals surface area contributed by atoms with Crippen LogP contribution in [-0.4, -0.2) is 9.97 Å². The molecule has 4 aromatic rings. The summed E-state index contributed by atoms with van der Waals surface area (Å²) in [5, 5.41) is 7.48. The van der Waals surface area contributed by atoms with Crippen LogP contribution < -0.4 is 5.32 Å². The number of furan rings is 1. The van der Waals surface area contributed by atoms with E-state index in [9.17, 15) is 0 Å². The molecule has 0 radical (unpaired) electrons. The highest BCUT2D eigenvalue weighted by atomic mass is 32.1. The lowest BCUT2D eigenvalue weighted by Crippen LogP contribution is -1.89. The predicted octanol–water partition coefficient (Wildman–Crippen LogP) is 7.91. The fourth-order valence-corrected chi connectivity index (χ4v) is 4.31. The monoisotopic (exact) mass is 419 g/mol. The molecule has 0 saturated carbocycles. The molecule has 0 unspecified atom stereocenters. The summed E-state index contributed by atoms with van der Waals surface area (Å²) in [6.45, 7) is 4.24. The molecule has 0 saturated heterocycles. The van der Waals surface area contributed by atoms with Gasteiger partial charge in [-0.05, 0) is 43.7 Å². The van der Waals surface area contributed by atoms with Crippen LogP contribution in [0.25, 0.3) is 22.2 Å². The van der Waals surface area contributed by atoms with Crippen molar-refractivity contribution in [3.05, 3.63) is 59.4 Å². The van der Waals surface area contributed by atoms with Crippen LogP contribution in [0.3, 0.4) is 0 Å². The lowest BCUT2D eigenvalue weighted by atomic mass is 10.1. The third-order valence-corrected chi connectivity index (χ3v) is 6.07. The number of nitrogens with one attached hydrogen (secondary N) is 1. The summed E-state index contributed by atoms with van der Waals surface area (Å²) in [5.41, 5.74) is 4.90. The van der Waals surface area contributed by atoms with Gasteiger partial charge in [0, 0.05) is 46.4 Å². The Morgan fingerprint density at radius 3 is 2.70 bits per heavy atom. The quantitative estimate of drug-likeness (QED) is 0.265. The molecule has 3 heterocycles.